The fraction of sp³-hybridized carbons (Fsp3) is 0.231. The molecule has 0 fully saturated rings. The lowest BCUT2D eigenvalue weighted by Gasteiger charge is -2.03. The lowest BCUT2D eigenvalue weighted by atomic mass is 10.1. The van der Waals surface area contributed by atoms with Crippen molar-refractivity contribution in [2.45, 2.75) is 19.8 Å². The molecule has 0 saturated carbocycles. The Kier molecular flexibility index (Phi) is 3.39. The molecule has 2 aromatic rings. The van der Waals surface area contributed by atoms with Crippen LogP contribution in [0, 0.1) is 0 Å². The SMILES string of the molecule is CC(C)c1nn(-c2ccccc2Cl)cc1C(=O)O. The predicted octanol–water partition coefficient (Wildman–Crippen LogP) is 3.35. The summed E-state index contributed by atoms with van der Waals surface area (Å²) in [5, 5.41) is 14.0. The molecule has 1 aromatic heterocycles. The molecule has 0 atom stereocenters. The number of nitrogens with zero attached hydrogens (tertiary/aromatic N) is 2. The minimum atomic E-state index is -0.975. The van der Waals surface area contributed by atoms with Crippen molar-refractivity contribution in [3.8, 4) is 5.69 Å². The Labute approximate surface area is 110 Å². The lowest BCUT2D eigenvalue weighted by molar-refractivity contribution is 0.0695. The van der Waals surface area contributed by atoms with Crippen molar-refractivity contribution in [2.75, 3.05) is 0 Å². The van der Waals surface area contributed by atoms with E-state index in [0.29, 0.717) is 16.4 Å². The molecule has 0 amide bonds. The van der Waals surface area contributed by atoms with E-state index in [4.69, 9.17) is 16.7 Å². The van der Waals surface area contributed by atoms with Gasteiger partial charge in [0.15, 0.2) is 0 Å². The second kappa shape index (κ2) is 4.82. The van der Waals surface area contributed by atoms with Crippen molar-refractivity contribution in [1.29, 1.82) is 0 Å². The van der Waals surface area contributed by atoms with Crippen LogP contribution >= 0.6 is 11.6 Å². The van der Waals surface area contributed by atoms with Crippen LogP contribution in [0.4, 0.5) is 0 Å². The highest BCUT2D eigenvalue weighted by Gasteiger charge is 2.19. The smallest absolute Gasteiger partial charge is 0.339 e. The van der Waals surface area contributed by atoms with Gasteiger partial charge in [-0.1, -0.05) is 37.6 Å². The van der Waals surface area contributed by atoms with E-state index < -0.39 is 5.97 Å². The zero-order chi connectivity index (χ0) is 13.3. The molecule has 18 heavy (non-hydrogen) atoms. The Morgan fingerprint density at radius 2 is 2.06 bits per heavy atom. The van der Waals surface area contributed by atoms with Crippen LogP contribution in [0.2, 0.25) is 5.02 Å². The Morgan fingerprint density at radius 3 is 2.56 bits per heavy atom. The number of para-hydroxylation sites is 1. The molecule has 1 N–H and O–H groups in total. The number of benzene rings is 1. The summed E-state index contributed by atoms with van der Waals surface area (Å²) in [7, 11) is 0. The first kappa shape index (κ1) is 12.6. The van der Waals surface area contributed by atoms with Crippen molar-refractivity contribution in [3.63, 3.8) is 0 Å². The minimum absolute atomic E-state index is 0.0415. The Hall–Kier alpha value is -1.81. The van der Waals surface area contributed by atoms with Crippen LogP contribution in [-0.2, 0) is 0 Å². The molecule has 0 aliphatic carbocycles. The van der Waals surface area contributed by atoms with Crippen LogP contribution in [0.15, 0.2) is 30.5 Å². The third-order valence-electron chi connectivity index (χ3n) is 2.62. The number of halogens is 1. The number of carboxylic acids is 1. The summed E-state index contributed by atoms with van der Waals surface area (Å²) in [6, 6.07) is 7.19. The summed E-state index contributed by atoms with van der Waals surface area (Å²) in [6.07, 6.45) is 1.50. The van der Waals surface area contributed by atoms with Crippen molar-refractivity contribution >= 4 is 17.6 Å². The largest absolute Gasteiger partial charge is 0.478 e. The second-order valence-electron chi connectivity index (χ2n) is 4.28. The zero-order valence-electron chi connectivity index (χ0n) is 10.1. The first-order valence-electron chi connectivity index (χ1n) is 5.58. The van der Waals surface area contributed by atoms with E-state index in [-0.39, 0.29) is 11.5 Å². The van der Waals surface area contributed by atoms with Crippen molar-refractivity contribution in [1.82, 2.24) is 9.78 Å². The van der Waals surface area contributed by atoms with Gasteiger partial charge in [-0.25, -0.2) is 9.48 Å². The third-order valence-corrected chi connectivity index (χ3v) is 2.94. The van der Waals surface area contributed by atoms with Crippen LogP contribution < -0.4 is 0 Å². The predicted molar refractivity (Wildman–Crippen MR) is 69.6 cm³/mol. The maximum absolute atomic E-state index is 11.2. The molecule has 2 rings (SSSR count). The second-order valence-corrected chi connectivity index (χ2v) is 4.69. The van der Waals surface area contributed by atoms with Gasteiger partial charge in [0.25, 0.3) is 0 Å². The molecule has 0 radical (unpaired) electrons. The first-order chi connectivity index (χ1) is 8.50. The van der Waals surface area contributed by atoms with Crippen molar-refractivity contribution in [3.05, 3.63) is 46.7 Å². The van der Waals surface area contributed by atoms with E-state index in [1.165, 1.54) is 10.9 Å². The molecule has 0 unspecified atom stereocenters. The highest BCUT2D eigenvalue weighted by molar-refractivity contribution is 6.32. The van der Waals surface area contributed by atoms with Crippen LogP contribution in [0.25, 0.3) is 5.69 Å². The number of rotatable bonds is 3. The monoisotopic (exact) mass is 264 g/mol. The number of aromatic carboxylic acids is 1. The Balaban J connectivity index is 2.57. The van der Waals surface area contributed by atoms with Crippen LogP contribution in [0.1, 0.15) is 35.8 Å². The van der Waals surface area contributed by atoms with Crippen molar-refractivity contribution < 1.29 is 9.90 Å². The van der Waals surface area contributed by atoms with E-state index in [1.54, 1.807) is 12.1 Å². The summed E-state index contributed by atoms with van der Waals surface area (Å²) in [4.78, 5) is 11.2. The fourth-order valence-corrected chi connectivity index (χ4v) is 1.96. The molecule has 0 saturated heterocycles. The van der Waals surface area contributed by atoms with Gasteiger partial charge >= 0.3 is 5.97 Å². The summed E-state index contributed by atoms with van der Waals surface area (Å²) in [5.74, 6) is -0.933. The quantitative estimate of drug-likeness (QED) is 0.925. The van der Waals surface area contributed by atoms with Crippen LogP contribution in [0.3, 0.4) is 0 Å². The maximum Gasteiger partial charge on any atom is 0.339 e. The summed E-state index contributed by atoms with van der Waals surface area (Å²) in [5.41, 5.74) is 1.45. The summed E-state index contributed by atoms with van der Waals surface area (Å²) >= 11 is 6.07. The molecule has 5 heteroatoms. The van der Waals surface area contributed by atoms with Crippen molar-refractivity contribution in [2.24, 2.45) is 0 Å². The van der Waals surface area contributed by atoms with Gasteiger partial charge in [-0.3, -0.25) is 0 Å². The molecular weight excluding hydrogens is 252 g/mol. The number of carbonyl (C=O) groups is 1. The van der Waals surface area contributed by atoms with Crippen LogP contribution in [0.5, 0.6) is 0 Å². The molecule has 0 aliphatic heterocycles. The van der Waals surface area contributed by atoms with Gasteiger partial charge < -0.3 is 5.11 Å². The summed E-state index contributed by atoms with van der Waals surface area (Å²) < 4.78 is 1.52. The van der Waals surface area contributed by atoms with Gasteiger partial charge in [-0.2, -0.15) is 5.10 Å². The molecule has 94 valence electrons. The van der Waals surface area contributed by atoms with Gasteiger partial charge in [-0.15, -0.1) is 0 Å². The van der Waals surface area contributed by atoms with E-state index >= 15 is 0 Å². The molecule has 4 nitrogen and oxygen atoms in total. The number of hydrogen-bond donors (Lipinski definition) is 1. The van der Waals surface area contributed by atoms with Gasteiger partial charge in [-0.05, 0) is 18.1 Å². The van der Waals surface area contributed by atoms with Crippen LogP contribution in [-0.4, -0.2) is 20.9 Å². The van der Waals surface area contributed by atoms with E-state index in [2.05, 4.69) is 5.10 Å². The van der Waals surface area contributed by atoms with E-state index in [0.717, 1.165) is 0 Å². The average Bonchev–Trinajstić information content (AvgIpc) is 2.74. The molecule has 0 bridgehead atoms. The molecular formula is C13H13ClN2O2. The zero-order valence-corrected chi connectivity index (χ0v) is 10.8. The number of hydrogen-bond acceptors (Lipinski definition) is 2. The molecule has 0 spiro atoms. The Bertz CT molecular complexity index is 590. The highest BCUT2D eigenvalue weighted by Crippen LogP contribution is 2.23. The molecule has 1 heterocycles. The average molecular weight is 265 g/mol. The van der Waals surface area contributed by atoms with Gasteiger partial charge in [0.2, 0.25) is 0 Å². The normalized spacial score (nSPS) is 10.9. The highest BCUT2D eigenvalue weighted by atomic mass is 35.5. The number of aromatic nitrogens is 2. The first-order valence-corrected chi connectivity index (χ1v) is 5.96. The third kappa shape index (κ3) is 2.24. The fourth-order valence-electron chi connectivity index (χ4n) is 1.74. The Morgan fingerprint density at radius 1 is 1.39 bits per heavy atom. The van der Waals surface area contributed by atoms with E-state index in [1.807, 2.05) is 26.0 Å². The molecule has 1 aromatic carbocycles. The molecule has 0 aliphatic rings. The lowest BCUT2D eigenvalue weighted by Crippen LogP contribution is -2.01. The summed E-state index contributed by atoms with van der Waals surface area (Å²) in [6.45, 7) is 3.82. The standard InChI is InChI=1S/C13H13ClN2O2/c1-8(2)12-9(13(17)18)7-16(15-12)11-6-4-3-5-10(11)14/h3-8H,1-2H3,(H,17,18). The minimum Gasteiger partial charge on any atom is -0.478 e. The maximum atomic E-state index is 11.2. The van der Waals surface area contributed by atoms with E-state index in [9.17, 15) is 4.79 Å². The van der Waals surface area contributed by atoms with Gasteiger partial charge in [0.1, 0.15) is 5.56 Å². The van der Waals surface area contributed by atoms with Gasteiger partial charge in [0, 0.05) is 6.20 Å². The number of carboxylic acid groups (broad SMARTS) is 1. The topological polar surface area (TPSA) is 55.1 Å². The van der Waals surface area contributed by atoms with Gasteiger partial charge in [0.05, 0.1) is 16.4 Å².